The van der Waals surface area contributed by atoms with Crippen molar-refractivity contribution in [1.82, 2.24) is 0 Å². The Kier molecular flexibility index (Phi) is 4.42. The smallest absolute Gasteiger partial charge is 0.152 e. The summed E-state index contributed by atoms with van der Waals surface area (Å²) in [6.07, 6.45) is 0.208. The molecule has 0 fully saturated rings. The van der Waals surface area contributed by atoms with Crippen LogP contribution in [0.2, 0.25) is 0 Å². The Morgan fingerprint density at radius 3 is 2.32 bits per heavy atom. The normalized spacial score (nSPS) is 11.9. The number of anilines is 2. The molecule has 0 aliphatic heterocycles. The number of hydrogen-bond donors (Lipinski definition) is 3. The Morgan fingerprint density at radius 2 is 1.63 bits per heavy atom. The van der Waals surface area contributed by atoms with E-state index in [0.717, 1.165) is 23.4 Å². The largest absolute Gasteiger partial charge is 0.388 e. The molecule has 19 heavy (non-hydrogen) atoms. The standard InChI is InChI=1S/C16H20N2O/c1-3-12-8-4-6-10-14(12)18-16(19)13-9-5-7-11-15(13)17-2/h4-11,16-19H,3H2,1-2H3. The molecule has 1 atom stereocenters. The van der Waals surface area contributed by atoms with E-state index in [4.69, 9.17) is 0 Å². The second-order valence-electron chi connectivity index (χ2n) is 4.39. The molecule has 2 rings (SSSR count). The molecule has 2 aromatic rings. The molecule has 0 spiro atoms. The van der Waals surface area contributed by atoms with Gasteiger partial charge in [0.05, 0.1) is 0 Å². The number of aliphatic hydroxyl groups excluding tert-OH is 1. The van der Waals surface area contributed by atoms with Crippen LogP contribution in [-0.2, 0) is 6.42 Å². The maximum Gasteiger partial charge on any atom is 0.152 e. The van der Waals surface area contributed by atoms with E-state index in [2.05, 4.69) is 23.6 Å². The fourth-order valence-electron chi connectivity index (χ4n) is 2.16. The van der Waals surface area contributed by atoms with E-state index in [1.807, 2.05) is 49.5 Å². The molecular formula is C16H20N2O. The maximum atomic E-state index is 10.4. The van der Waals surface area contributed by atoms with Crippen LogP contribution in [0.3, 0.4) is 0 Å². The van der Waals surface area contributed by atoms with Crippen LogP contribution in [0.15, 0.2) is 48.5 Å². The number of para-hydroxylation sites is 2. The summed E-state index contributed by atoms with van der Waals surface area (Å²) >= 11 is 0. The first kappa shape index (κ1) is 13.4. The number of hydrogen-bond acceptors (Lipinski definition) is 3. The molecule has 3 N–H and O–H groups in total. The molecule has 0 saturated heterocycles. The summed E-state index contributed by atoms with van der Waals surface area (Å²) in [7, 11) is 1.85. The quantitative estimate of drug-likeness (QED) is 0.718. The van der Waals surface area contributed by atoms with Crippen molar-refractivity contribution < 1.29 is 5.11 Å². The van der Waals surface area contributed by atoms with Gasteiger partial charge in [0.25, 0.3) is 0 Å². The molecule has 0 radical (unpaired) electrons. The van der Waals surface area contributed by atoms with Crippen molar-refractivity contribution in [3.63, 3.8) is 0 Å². The zero-order valence-corrected chi connectivity index (χ0v) is 11.4. The van der Waals surface area contributed by atoms with Crippen LogP contribution in [0.1, 0.15) is 24.3 Å². The predicted octanol–water partition coefficient (Wildman–Crippen LogP) is 3.39. The molecule has 3 nitrogen and oxygen atoms in total. The Labute approximate surface area is 114 Å². The minimum atomic E-state index is -0.726. The third kappa shape index (κ3) is 3.06. The second-order valence-corrected chi connectivity index (χ2v) is 4.39. The van der Waals surface area contributed by atoms with Gasteiger partial charge in [0.15, 0.2) is 6.23 Å². The lowest BCUT2D eigenvalue weighted by atomic mass is 10.1. The van der Waals surface area contributed by atoms with Crippen molar-refractivity contribution in [2.45, 2.75) is 19.6 Å². The van der Waals surface area contributed by atoms with E-state index in [0.29, 0.717) is 0 Å². The highest BCUT2D eigenvalue weighted by Gasteiger charge is 2.12. The molecule has 0 heterocycles. The van der Waals surface area contributed by atoms with Gasteiger partial charge in [0, 0.05) is 24.0 Å². The lowest BCUT2D eigenvalue weighted by Crippen LogP contribution is -2.12. The van der Waals surface area contributed by atoms with Crippen molar-refractivity contribution in [2.75, 3.05) is 17.7 Å². The SMILES string of the molecule is CCc1ccccc1NC(O)c1ccccc1NC. The second kappa shape index (κ2) is 6.25. The fourth-order valence-corrected chi connectivity index (χ4v) is 2.16. The van der Waals surface area contributed by atoms with Crippen LogP contribution in [0.5, 0.6) is 0 Å². The molecule has 100 valence electrons. The molecule has 0 amide bonds. The van der Waals surface area contributed by atoms with Gasteiger partial charge in [-0.2, -0.15) is 0 Å². The van der Waals surface area contributed by atoms with Gasteiger partial charge in [-0.1, -0.05) is 43.3 Å². The predicted molar refractivity (Wildman–Crippen MR) is 80.4 cm³/mol. The van der Waals surface area contributed by atoms with E-state index >= 15 is 0 Å². The van der Waals surface area contributed by atoms with E-state index in [-0.39, 0.29) is 0 Å². The molecule has 2 aromatic carbocycles. The van der Waals surface area contributed by atoms with Gasteiger partial charge in [-0.05, 0) is 24.1 Å². The van der Waals surface area contributed by atoms with Gasteiger partial charge in [0.2, 0.25) is 0 Å². The average Bonchev–Trinajstić information content (AvgIpc) is 2.47. The van der Waals surface area contributed by atoms with Crippen molar-refractivity contribution in [3.05, 3.63) is 59.7 Å². The molecule has 0 bridgehead atoms. The van der Waals surface area contributed by atoms with E-state index in [9.17, 15) is 5.11 Å². The van der Waals surface area contributed by atoms with Crippen LogP contribution < -0.4 is 10.6 Å². The van der Waals surface area contributed by atoms with E-state index in [1.165, 1.54) is 5.56 Å². The Balaban J connectivity index is 2.23. The summed E-state index contributed by atoms with van der Waals surface area (Å²) in [6.45, 7) is 2.11. The van der Waals surface area contributed by atoms with Crippen LogP contribution in [0.25, 0.3) is 0 Å². The molecule has 0 aliphatic carbocycles. The first-order chi connectivity index (χ1) is 9.26. The third-order valence-electron chi connectivity index (χ3n) is 3.22. The van der Waals surface area contributed by atoms with Gasteiger partial charge >= 0.3 is 0 Å². The first-order valence-electron chi connectivity index (χ1n) is 6.55. The van der Waals surface area contributed by atoms with Gasteiger partial charge in [0.1, 0.15) is 0 Å². The van der Waals surface area contributed by atoms with Crippen molar-refractivity contribution in [3.8, 4) is 0 Å². The number of aryl methyl sites for hydroxylation is 1. The Morgan fingerprint density at radius 1 is 1.00 bits per heavy atom. The van der Waals surface area contributed by atoms with Gasteiger partial charge < -0.3 is 15.7 Å². The van der Waals surface area contributed by atoms with Gasteiger partial charge in [-0.3, -0.25) is 0 Å². The van der Waals surface area contributed by atoms with Crippen molar-refractivity contribution in [1.29, 1.82) is 0 Å². The molecule has 3 heteroatoms. The number of nitrogens with one attached hydrogen (secondary N) is 2. The van der Waals surface area contributed by atoms with Gasteiger partial charge in [-0.15, -0.1) is 0 Å². The van der Waals surface area contributed by atoms with Crippen molar-refractivity contribution in [2.24, 2.45) is 0 Å². The monoisotopic (exact) mass is 256 g/mol. The molecular weight excluding hydrogens is 236 g/mol. The van der Waals surface area contributed by atoms with E-state index < -0.39 is 6.23 Å². The minimum Gasteiger partial charge on any atom is -0.388 e. The average molecular weight is 256 g/mol. The highest BCUT2D eigenvalue weighted by Crippen LogP contribution is 2.25. The van der Waals surface area contributed by atoms with Crippen LogP contribution in [0, 0.1) is 0 Å². The Hall–Kier alpha value is -2.00. The highest BCUT2D eigenvalue weighted by atomic mass is 16.3. The van der Waals surface area contributed by atoms with E-state index in [1.54, 1.807) is 0 Å². The lowest BCUT2D eigenvalue weighted by molar-refractivity contribution is 0.209. The summed E-state index contributed by atoms with van der Waals surface area (Å²) in [5, 5.41) is 16.6. The number of aliphatic hydroxyl groups is 1. The summed E-state index contributed by atoms with van der Waals surface area (Å²) < 4.78 is 0. The molecule has 0 saturated carbocycles. The molecule has 0 aromatic heterocycles. The summed E-state index contributed by atoms with van der Waals surface area (Å²) in [5.41, 5.74) is 3.94. The van der Waals surface area contributed by atoms with Crippen LogP contribution >= 0.6 is 0 Å². The maximum absolute atomic E-state index is 10.4. The lowest BCUT2D eigenvalue weighted by Gasteiger charge is -2.19. The summed E-state index contributed by atoms with van der Waals surface area (Å²) in [6, 6.07) is 15.8. The topological polar surface area (TPSA) is 44.3 Å². The van der Waals surface area contributed by atoms with Gasteiger partial charge in [-0.25, -0.2) is 0 Å². The molecule has 1 unspecified atom stereocenters. The zero-order valence-electron chi connectivity index (χ0n) is 11.4. The highest BCUT2D eigenvalue weighted by molar-refractivity contribution is 5.56. The van der Waals surface area contributed by atoms with Crippen LogP contribution in [-0.4, -0.2) is 12.2 Å². The summed E-state index contributed by atoms with van der Waals surface area (Å²) in [5.74, 6) is 0. The minimum absolute atomic E-state index is 0.726. The first-order valence-corrected chi connectivity index (χ1v) is 6.55. The summed E-state index contributed by atoms with van der Waals surface area (Å²) in [4.78, 5) is 0. The third-order valence-corrected chi connectivity index (χ3v) is 3.22. The zero-order chi connectivity index (χ0) is 13.7. The van der Waals surface area contributed by atoms with Crippen molar-refractivity contribution >= 4 is 11.4 Å². The Bertz CT molecular complexity index is 540. The number of rotatable bonds is 5. The fraction of sp³-hybridized carbons (Fsp3) is 0.250. The number of benzene rings is 2. The van der Waals surface area contributed by atoms with Crippen LogP contribution in [0.4, 0.5) is 11.4 Å². The molecule has 0 aliphatic rings.